The second-order valence-electron chi connectivity index (χ2n) is 12.3. The number of nitrogens with one attached hydrogen (secondary N) is 2. The van der Waals surface area contributed by atoms with Gasteiger partial charge in [0.15, 0.2) is 11.3 Å². The first-order valence-electron chi connectivity index (χ1n) is 16.0. The number of amides is 2. The van der Waals surface area contributed by atoms with E-state index < -0.39 is 0 Å². The van der Waals surface area contributed by atoms with Gasteiger partial charge in [-0.2, -0.15) is 10.2 Å². The van der Waals surface area contributed by atoms with Crippen molar-refractivity contribution in [2.24, 2.45) is 0 Å². The van der Waals surface area contributed by atoms with E-state index in [2.05, 4.69) is 30.4 Å². The van der Waals surface area contributed by atoms with Crippen LogP contribution in [0.1, 0.15) is 81.0 Å². The van der Waals surface area contributed by atoms with Crippen molar-refractivity contribution in [2.75, 3.05) is 13.1 Å². The van der Waals surface area contributed by atoms with Crippen LogP contribution in [0.15, 0.2) is 73.1 Å². The van der Waals surface area contributed by atoms with Crippen LogP contribution >= 0.6 is 23.2 Å². The number of carbonyl (C=O) groups excluding carboxylic acids is 2. The number of benzene rings is 2. The van der Waals surface area contributed by atoms with Crippen molar-refractivity contribution in [1.82, 2.24) is 40.2 Å². The summed E-state index contributed by atoms with van der Waals surface area (Å²) in [6, 6.07) is 19.4. The van der Waals surface area contributed by atoms with E-state index in [0.29, 0.717) is 32.5 Å². The van der Waals surface area contributed by atoms with Gasteiger partial charge in [0, 0.05) is 57.7 Å². The number of hydrogen-bond donors (Lipinski definition) is 2. The third-order valence-electron chi connectivity index (χ3n) is 9.23. The fraction of sp³-hybridized carbons (Fsp3) is 0.278. The van der Waals surface area contributed by atoms with Crippen molar-refractivity contribution < 1.29 is 9.59 Å². The SMILES string of the molecule is Cc1[nH]nc2ncc(C(=O)N3CCC[C@@H]3c3ccc(Cl)cc3)cc12.Cc1[nH]nc2ncc(C(=O)N3CCC[C@H]3c3ccc(Cl)cc3)cc12. The van der Waals surface area contributed by atoms with Crippen LogP contribution in [-0.4, -0.2) is 65.1 Å². The number of hydrogen-bond acceptors (Lipinski definition) is 6. The number of carbonyl (C=O) groups is 2. The molecule has 0 radical (unpaired) electrons. The Labute approximate surface area is 287 Å². The molecule has 10 nitrogen and oxygen atoms in total. The highest BCUT2D eigenvalue weighted by Crippen LogP contribution is 2.35. The quantitative estimate of drug-likeness (QED) is 0.196. The van der Waals surface area contributed by atoms with Crippen molar-refractivity contribution >= 4 is 57.1 Å². The number of fused-ring (bicyclic) bond motifs is 2. The first-order chi connectivity index (χ1) is 23.3. The minimum absolute atomic E-state index is 0.0162. The number of aromatic amines is 2. The van der Waals surface area contributed by atoms with Gasteiger partial charge in [0.2, 0.25) is 0 Å². The lowest BCUT2D eigenvalue weighted by atomic mass is 10.0. The second-order valence-corrected chi connectivity index (χ2v) is 13.2. The van der Waals surface area contributed by atoms with E-state index in [-0.39, 0.29) is 23.9 Å². The predicted octanol–water partition coefficient (Wildman–Crippen LogP) is 7.79. The molecule has 4 aromatic heterocycles. The summed E-state index contributed by atoms with van der Waals surface area (Å²) < 4.78 is 0. The highest BCUT2D eigenvalue weighted by molar-refractivity contribution is 6.30. The van der Waals surface area contributed by atoms with Crippen molar-refractivity contribution in [3.8, 4) is 0 Å². The molecule has 0 bridgehead atoms. The number of rotatable bonds is 4. The zero-order chi connectivity index (χ0) is 33.4. The zero-order valence-corrected chi connectivity index (χ0v) is 28.1. The molecule has 2 amide bonds. The van der Waals surface area contributed by atoms with Crippen molar-refractivity contribution in [1.29, 1.82) is 0 Å². The van der Waals surface area contributed by atoms with Gasteiger partial charge in [0.25, 0.3) is 11.8 Å². The van der Waals surface area contributed by atoms with E-state index in [9.17, 15) is 9.59 Å². The van der Waals surface area contributed by atoms with Crippen LogP contribution in [0, 0.1) is 13.8 Å². The Morgan fingerprint density at radius 2 is 1.06 bits per heavy atom. The number of H-pyrrole nitrogens is 2. The van der Waals surface area contributed by atoms with E-state index in [1.54, 1.807) is 12.4 Å². The van der Waals surface area contributed by atoms with Crippen molar-refractivity contribution in [3.63, 3.8) is 0 Å². The predicted molar refractivity (Wildman–Crippen MR) is 186 cm³/mol. The van der Waals surface area contributed by atoms with Gasteiger partial charge in [-0.3, -0.25) is 19.8 Å². The highest BCUT2D eigenvalue weighted by Gasteiger charge is 2.32. The molecule has 2 saturated heterocycles. The van der Waals surface area contributed by atoms with E-state index in [1.807, 2.05) is 84.3 Å². The maximum atomic E-state index is 13.0. The van der Waals surface area contributed by atoms with Gasteiger partial charge in [0.05, 0.1) is 23.2 Å². The zero-order valence-electron chi connectivity index (χ0n) is 26.6. The van der Waals surface area contributed by atoms with Crippen LogP contribution in [0.4, 0.5) is 0 Å². The molecule has 0 saturated carbocycles. The molecular weight excluding hydrogens is 647 g/mol. The van der Waals surface area contributed by atoms with Crippen LogP contribution in [-0.2, 0) is 0 Å². The Kier molecular flexibility index (Phi) is 8.85. The molecule has 2 aliphatic rings. The van der Waals surface area contributed by atoms with Gasteiger partial charge < -0.3 is 9.80 Å². The van der Waals surface area contributed by atoms with Gasteiger partial charge >= 0.3 is 0 Å². The molecule has 0 unspecified atom stereocenters. The number of pyridine rings is 2. The minimum Gasteiger partial charge on any atom is -0.332 e. The van der Waals surface area contributed by atoms with E-state index in [4.69, 9.17) is 23.2 Å². The monoisotopic (exact) mass is 680 g/mol. The molecule has 0 spiro atoms. The smallest absolute Gasteiger partial charge is 0.255 e. The molecule has 2 atom stereocenters. The fourth-order valence-electron chi connectivity index (χ4n) is 6.69. The van der Waals surface area contributed by atoms with E-state index >= 15 is 0 Å². The van der Waals surface area contributed by atoms with E-state index in [1.165, 1.54) is 0 Å². The molecule has 2 aromatic carbocycles. The molecule has 6 aromatic rings. The van der Waals surface area contributed by atoms with Gasteiger partial charge in [-0.05, 0) is 87.1 Å². The number of aromatic nitrogens is 6. The average Bonchev–Trinajstić information content (AvgIpc) is 3.93. The van der Waals surface area contributed by atoms with E-state index in [0.717, 1.165) is 72.1 Å². The summed E-state index contributed by atoms with van der Waals surface area (Å²) in [4.78, 5) is 38.5. The summed E-state index contributed by atoms with van der Waals surface area (Å²) in [5.74, 6) is 0.0323. The van der Waals surface area contributed by atoms with Crippen LogP contribution in [0.3, 0.4) is 0 Å². The largest absolute Gasteiger partial charge is 0.332 e. The molecule has 12 heteroatoms. The van der Waals surface area contributed by atoms with Crippen LogP contribution in [0.5, 0.6) is 0 Å². The third-order valence-corrected chi connectivity index (χ3v) is 9.74. The number of nitrogens with zero attached hydrogens (tertiary/aromatic N) is 6. The molecule has 2 N–H and O–H groups in total. The van der Waals surface area contributed by atoms with Crippen molar-refractivity contribution in [3.05, 3.63) is 117 Å². The number of likely N-dealkylation sites (tertiary alicyclic amines) is 2. The van der Waals surface area contributed by atoms with Gasteiger partial charge in [-0.15, -0.1) is 0 Å². The number of halogens is 2. The summed E-state index contributed by atoms with van der Waals surface area (Å²) in [5, 5.41) is 17.2. The van der Waals surface area contributed by atoms with Crippen molar-refractivity contribution in [2.45, 2.75) is 51.6 Å². The Bertz CT molecular complexity index is 1960. The maximum absolute atomic E-state index is 13.0. The summed E-state index contributed by atoms with van der Waals surface area (Å²) in [5.41, 5.74) is 6.57. The fourth-order valence-corrected chi connectivity index (χ4v) is 6.94. The highest BCUT2D eigenvalue weighted by atomic mass is 35.5. The molecule has 6 heterocycles. The molecule has 244 valence electrons. The first-order valence-corrected chi connectivity index (χ1v) is 16.8. The summed E-state index contributed by atoms with van der Waals surface area (Å²) in [6.45, 7) is 5.37. The minimum atomic E-state index is 0.0162. The molecule has 0 aliphatic carbocycles. The molecule has 2 aliphatic heterocycles. The van der Waals surface area contributed by atoms with Crippen LogP contribution in [0.2, 0.25) is 10.0 Å². The second kappa shape index (κ2) is 13.4. The normalized spacial score (nSPS) is 17.6. The first kappa shape index (κ1) is 31.8. The number of aryl methyl sites for hydroxylation is 2. The Balaban J connectivity index is 0.000000152. The Hall–Kier alpha value is -4.80. The van der Waals surface area contributed by atoms with Gasteiger partial charge in [-0.1, -0.05) is 47.5 Å². The van der Waals surface area contributed by atoms with Crippen LogP contribution < -0.4 is 0 Å². The topological polar surface area (TPSA) is 124 Å². The lowest BCUT2D eigenvalue weighted by molar-refractivity contribution is 0.0727. The molecule has 8 rings (SSSR count). The Morgan fingerprint density at radius 1 is 0.667 bits per heavy atom. The molecular formula is C36H34Cl2N8O2. The lowest BCUT2D eigenvalue weighted by Gasteiger charge is -2.25. The average molecular weight is 682 g/mol. The van der Waals surface area contributed by atoms with Gasteiger partial charge in [0.1, 0.15) is 0 Å². The molecule has 48 heavy (non-hydrogen) atoms. The molecule has 2 fully saturated rings. The Morgan fingerprint density at radius 3 is 1.46 bits per heavy atom. The maximum Gasteiger partial charge on any atom is 0.255 e. The van der Waals surface area contributed by atoms with Crippen LogP contribution in [0.25, 0.3) is 22.1 Å². The van der Waals surface area contributed by atoms with Gasteiger partial charge in [-0.25, -0.2) is 9.97 Å². The third kappa shape index (κ3) is 6.25. The summed E-state index contributed by atoms with van der Waals surface area (Å²) in [6.07, 6.45) is 7.16. The summed E-state index contributed by atoms with van der Waals surface area (Å²) >= 11 is 12.0. The standard InChI is InChI=1S/2C18H17ClN4O/c2*1-11-15-9-13(10-20-17(15)22-21-11)18(24)23-8-2-3-16(23)12-4-6-14(19)7-5-12/h2*4-7,9-10,16H,2-3,8H2,1H3,(H,20,21,22)/t2*16-/m10/s1. The summed E-state index contributed by atoms with van der Waals surface area (Å²) in [7, 11) is 0. The lowest BCUT2D eigenvalue weighted by Crippen LogP contribution is -2.30.